The molecule has 74 valence electrons. The molecule has 0 spiro atoms. The highest BCUT2D eigenvalue weighted by Crippen LogP contribution is 2.37. The summed E-state index contributed by atoms with van der Waals surface area (Å²) in [6.45, 7) is 11.8. The normalized spacial score (nSPS) is 13.4. The second-order valence-electron chi connectivity index (χ2n) is 4.98. The third kappa shape index (κ3) is 2.17. The van der Waals surface area contributed by atoms with Gasteiger partial charge in [-0.3, -0.25) is 0 Å². The molecule has 0 aliphatic carbocycles. The first-order chi connectivity index (χ1) is 5.75. The molecule has 0 saturated carbocycles. The molecule has 0 amide bonds. The van der Waals surface area contributed by atoms with E-state index in [4.69, 9.17) is 11.6 Å². The zero-order chi connectivity index (χ0) is 10.3. The summed E-state index contributed by atoms with van der Waals surface area (Å²) >= 11 is 7.71. The summed E-state index contributed by atoms with van der Waals surface area (Å²) in [6, 6.07) is 4.21. The lowest BCUT2D eigenvalue weighted by atomic mass is 10.2. The van der Waals surface area contributed by atoms with E-state index in [0.717, 1.165) is 4.34 Å². The molecule has 0 atom stereocenters. The Hall–Kier alpha value is 0.207. The summed E-state index contributed by atoms with van der Waals surface area (Å²) in [5.41, 5.74) is 0. The minimum absolute atomic E-state index is 0.404. The summed E-state index contributed by atoms with van der Waals surface area (Å²) in [5.74, 6) is 0. The third-order valence-electron chi connectivity index (χ3n) is 3.06. The van der Waals surface area contributed by atoms with Gasteiger partial charge in [0.1, 0.15) is 0 Å². The number of halogens is 1. The predicted molar refractivity (Wildman–Crippen MR) is 66.2 cm³/mol. The lowest BCUT2D eigenvalue weighted by Gasteiger charge is -2.35. The average Bonchev–Trinajstić information content (AvgIpc) is 2.33. The van der Waals surface area contributed by atoms with E-state index in [0.29, 0.717) is 5.04 Å². The zero-order valence-corrected chi connectivity index (χ0v) is 11.5. The quantitative estimate of drug-likeness (QED) is 0.640. The monoisotopic (exact) mass is 232 g/mol. The molecule has 1 rings (SSSR count). The fraction of sp³-hybridized carbons (Fsp3) is 0.600. The summed E-state index contributed by atoms with van der Waals surface area (Å²) in [6.07, 6.45) is 0. The van der Waals surface area contributed by atoms with Crippen molar-refractivity contribution < 1.29 is 0 Å². The number of thiophene rings is 1. The molecule has 0 unspecified atom stereocenters. The minimum atomic E-state index is -1.33. The fourth-order valence-electron chi connectivity index (χ4n) is 1.02. The highest BCUT2D eigenvalue weighted by molar-refractivity contribution is 7.29. The van der Waals surface area contributed by atoms with Crippen molar-refractivity contribution in [2.24, 2.45) is 0 Å². The molecule has 0 aromatic carbocycles. The van der Waals surface area contributed by atoms with Gasteiger partial charge >= 0.3 is 0 Å². The Bertz CT molecular complexity index is 296. The standard InChI is InChI=1S/C10H17ClSSi/c1-10(2,3)13(4,5)9-7-6-8(11)12-9/h6-7H,1-5H3. The maximum Gasteiger partial charge on any atom is 0.0987 e. The second kappa shape index (κ2) is 3.41. The Balaban J connectivity index is 3.07. The van der Waals surface area contributed by atoms with Crippen molar-refractivity contribution in [2.45, 2.75) is 38.9 Å². The first kappa shape index (κ1) is 11.3. The van der Waals surface area contributed by atoms with Crippen LogP contribution in [0.4, 0.5) is 0 Å². The number of hydrogen-bond acceptors (Lipinski definition) is 1. The van der Waals surface area contributed by atoms with E-state index in [9.17, 15) is 0 Å². The van der Waals surface area contributed by atoms with Gasteiger partial charge in [0.2, 0.25) is 0 Å². The molecule has 1 heterocycles. The molecule has 0 fully saturated rings. The first-order valence-electron chi connectivity index (χ1n) is 4.51. The van der Waals surface area contributed by atoms with Crippen molar-refractivity contribution in [2.75, 3.05) is 0 Å². The van der Waals surface area contributed by atoms with Gasteiger partial charge in [0.15, 0.2) is 0 Å². The highest BCUT2D eigenvalue weighted by Gasteiger charge is 2.37. The Morgan fingerprint density at radius 2 is 1.77 bits per heavy atom. The van der Waals surface area contributed by atoms with Crippen LogP contribution in [-0.2, 0) is 0 Å². The van der Waals surface area contributed by atoms with Gasteiger partial charge < -0.3 is 0 Å². The van der Waals surface area contributed by atoms with Crippen molar-refractivity contribution >= 4 is 35.5 Å². The van der Waals surface area contributed by atoms with Crippen LogP contribution in [0.5, 0.6) is 0 Å². The lowest BCUT2D eigenvalue weighted by Crippen LogP contribution is -2.47. The van der Waals surface area contributed by atoms with Crippen LogP contribution in [0, 0.1) is 0 Å². The van der Waals surface area contributed by atoms with Gasteiger partial charge in [-0.15, -0.1) is 11.3 Å². The summed E-state index contributed by atoms with van der Waals surface area (Å²) < 4.78 is 2.42. The van der Waals surface area contributed by atoms with Crippen LogP contribution in [0.15, 0.2) is 12.1 Å². The molecule has 0 N–H and O–H groups in total. The van der Waals surface area contributed by atoms with Gasteiger partial charge in [-0.25, -0.2) is 0 Å². The van der Waals surface area contributed by atoms with Gasteiger partial charge in [-0.2, -0.15) is 0 Å². The molecule has 0 aliphatic rings. The average molecular weight is 233 g/mol. The van der Waals surface area contributed by atoms with Crippen LogP contribution in [0.1, 0.15) is 20.8 Å². The summed E-state index contributed by atoms with van der Waals surface area (Å²) in [4.78, 5) is 0. The Kier molecular flexibility index (Phi) is 2.96. The van der Waals surface area contributed by atoms with Gasteiger partial charge in [0.05, 0.1) is 12.4 Å². The third-order valence-corrected chi connectivity index (χ3v) is 11.1. The van der Waals surface area contributed by atoms with Crippen molar-refractivity contribution in [3.05, 3.63) is 16.5 Å². The SMILES string of the molecule is CC(C)(C)[Si](C)(C)c1ccc(Cl)s1. The van der Waals surface area contributed by atoms with Crippen molar-refractivity contribution in [1.82, 2.24) is 0 Å². The van der Waals surface area contributed by atoms with Crippen LogP contribution in [0.3, 0.4) is 0 Å². The van der Waals surface area contributed by atoms with Crippen LogP contribution in [-0.4, -0.2) is 8.07 Å². The lowest BCUT2D eigenvalue weighted by molar-refractivity contribution is 0.730. The van der Waals surface area contributed by atoms with Gasteiger partial charge in [-0.1, -0.05) is 51.5 Å². The number of rotatable bonds is 1. The molecule has 0 nitrogen and oxygen atoms in total. The van der Waals surface area contributed by atoms with E-state index in [1.807, 2.05) is 6.07 Å². The van der Waals surface area contributed by atoms with Crippen LogP contribution >= 0.6 is 22.9 Å². The van der Waals surface area contributed by atoms with E-state index in [1.54, 1.807) is 11.3 Å². The van der Waals surface area contributed by atoms with Crippen molar-refractivity contribution in [1.29, 1.82) is 0 Å². The van der Waals surface area contributed by atoms with Crippen LogP contribution in [0.2, 0.25) is 22.5 Å². The molecular weight excluding hydrogens is 216 g/mol. The molecule has 0 radical (unpaired) electrons. The summed E-state index contributed by atoms with van der Waals surface area (Å²) in [7, 11) is -1.33. The molecule has 1 aromatic heterocycles. The Morgan fingerprint density at radius 3 is 2.08 bits per heavy atom. The molecular formula is C10H17ClSSi. The molecule has 3 heteroatoms. The topological polar surface area (TPSA) is 0 Å². The fourth-order valence-corrected chi connectivity index (χ4v) is 5.52. The maximum absolute atomic E-state index is 5.96. The Labute approximate surface area is 90.9 Å². The number of hydrogen-bond donors (Lipinski definition) is 0. The van der Waals surface area contributed by atoms with E-state index in [2.05, 4.69) is 39.9 Å². The van der Waals surface area contributed by atoms with Gasteiger partial charge in [-0.05, 0) is 15.6 Å². The molecule has 0 bridgehead atoms. The molecule has 0 saturated heterocycles. The largest absolute Gasteiger partial charge is 0.133 e. The van der Waals surface area contributed by atoms with E-state index >= 15 is 0 Å². The maximum atomic E-state index is 5.96. The van der Waals surface area contributed by atoms with Crippen molar-refractivity contribution in [3.63, 3.8) is 0 Å². The smallest absolute Gasteiger partial charge is 0.0987 e. The van der Waals surface area contributed by atoms with Gasteiger partial charge in [0, 0.05) is 0 Å². The second-order valence-corrected chi connectivity index (χ2v) is 12.3. The highest BCUT2D eigenvalue weighted by atomic mass is 35.5. The molecule has 0 aliphatic heterocycles. The zero-order valence-electron chi connectivity index (χ0n) is 8.94. The van der Waals surface area contributed by atoms with Crippen molar-refractivity contribution in [3.8, 4) is 0 Å². The first-order valence-corrected chi connectivity index (χ1v) is 8.70. The van der Waals surface area contributed by atoms with E-state index in [1.165, 1.54) is 4.50 Å². The Morgan fingerprint density at radius 1 is 1.23 bits per heavy atom. The summed E-state index contributed by atoms with van der Waals surface area (Å²) in [5, 5.41) is 0.404. The van der Waals surface area contributed by atoms with E-state index < -0.39 is 8.07 Å². The predicted octanol–water partition coefficient (Wildman–Crippen LogP) is 4.12. The molecule has 13 heavy (non-hydrogen) atoms. The molecule has 1 aromatic rings. The van der Waals surface area contributed by atoms with Crippen LogP contribution < -0.4 is 4.50 Å². The van der Waals surface area contributed by atoms with Gasteiger partial charge in [0.25, 0.3) is 0 Å². The van der Waals surface area contributed by atoms with E-state index in [-0.39, 0.29) is 0 Å². The minimum Gasteiger partial charge on any atom is -0.133 e. The van der Waals surface area contributed by atoms with Crippen LogP contribution in [0.25, 0.3) is 0 Å².